The Labute approximate surface area is 147 Å². The molecule has 0 N–H and O–H groups in total. The van der Waals surface area contributed by atoms with Crippen LogP contribution in [-0.2, 0) is 0 Å². The molecule has 0 fully saturated rings. The van der Waals surface area contributed by atoms with Gasteiger partial charge in [-0.2, -0.15) is 15.1 Å². The van der Waals surface area contributed by atoms with Gasteiger partial charge in [-0.05, 0) is 24.1 Å². The molecule has 0 aromatic carbocycles. The molecule has 26 heavy (non-hydrogen) atoms. The van der Waals surface area contributed by atoms with Crippen LogP contribution in [0.3, 0.4) is 0 Å². The summed E-state index contributed by atoms with van der Waals surface area (Å²) in [6.07, 6.45) is 5.26. The molecule has 9 nitrogen and oxygen atoms in total. The molecule has 128 valence electrons. The third-order valence-electron chi connectivity index (χ3n) is 4.11. The Balaban J connectivity index is 1.60. The van der Waals surface area contributed by atoms with E-state index in [2.05, 4.69) is 44.0 Å². The van der Waals surface area contributed by atoms with Crippen LogP contribution >= 0.6 is 0 Å². The predicted octanol–water partition coefficient (Wildman–Crippen LogP) is 2.61. The Morgan fingerprint density at radius 1 is 1.08 bits per heavy atom. The van der Waals surface area contributed by atoms with Crippen LogP contribution < -0.4 is 0 Å². The summed E-state index contributed by atoms with van der Waals surface area (Å²) in [5.74, 6) is 1.47. The highest BCUT2D eigenvalue weighted by Crippen LogP contribution is 2.24. The number of hydrogen-bond donors (Lipinski definition) is 0. The molecule has 0 saturated heterocycles. The van der Waals surface area contributed by atoms with Crippen LogP contribution in [0.15, 0.2) is 47.5 Å². The lowest BCUT2D eigenvalue weighted by molar-refractivity contribution is 0.430. The molecule has 0 radical (unpaired) electrons. The van der Waals surface area contributed by atoms with Crippen molar-refractivity contribution in [2.24, 2.45) is 0 Å². The third-order valence-corrected chi connectivity index (χ3v) is 4.11. The quantitative estimate of drug-likeness (QED) is 0.495. The van der Waals surface area contributed by atoms with Gasteiger partial charge in [0.05, 0.1) is 5.69 Å². The van der Waals surface area contributed by atoms with E-state index in [1.165, 1.54) is 6.33 Å². The fourth-order valence-corrected chi connectivity index (χ4v) is 2.83. The van der Waals surface area contributed by atoms with Crippen LogP contribution in [0.1, 0.15) is 25.5 Å². The van der Waals surface area contributed by atoms with Gasteiger partial charge < -0.3 is 8.92 Å². The van der Waals surface area contributed by atoms with E-state index in [9.17, 15) is 0 Å². The first-order chi connectivity index (χ1) is 12.7. The van der Waals surface area contributed by atoms with Crippen molar-refractivity contribution in [2.75, 3.05) is 0 Å². The Bertz CT molecular complexity index is 1200. The second kappa shape index (κ2) is 5.45. The van der Waals surface area contributed by atoms with Crippen molar-refractivity contribution in [2.45, 2.75) is 19.8 Å². The van der Waals surface area contributed by atoms with Gasteiger partial charge in [-0.25, -0.2) is 14.5 Å². The van der Waals surface area contributed by atoms with E-state index < -0.39 is 0 Å². The SMILES string of the molecule is CC(C)c1cc(-c2nc(-c3cn4ccccc4n3)no2)nc2ncnn12. The van der Waals surface area contributed by atoms with E-state index >= 15 is 0 Å². The van der Waals surface area contributed by atoms with Gasteiger partial charge in [0.15, 0.2) is 0 Å². The lowest BCUT2D eigenvalue weighted by Gasteiger charge is -2.07. The van der Waals surface area contributed by atoms with Crippen molar-refractivity contribution in [3.8, 4) is 23.1 Å². The molecule has 0 atom stereocenters. The molecule has 5 rings (SSSR count). The van der Waals surface area contributed by atoms with Crippen molar-refractivity contribution in [1.29, 1.82) is 0 Å². The molecule has 0 amide bonds. The number of hydrogen-bond acceptors (Lipinski definition) is 7. The summed E-state index contributed by atoms with van der Waals surface area (Å²) in [7, 11) is 0. The van der Waals surface area contributed by atoms with Crippen LogP contribution in [0.5, 0.6) is 0 Å². The van der Waals surface area contributed by atoms with Gasteiger partial charge in [-0.15, -0.1) is 0 Å². The summed E-state index contributed by atoms with van der Waals surface area (Å²) in [5, 5.41) is 8.27. The minimum Gasteiger partial charge on any atom is -0.332 e. The second-order valence-corrected chi connectivity index (χ2v) is 6.21. The lowest BCUT2D eigenvalue weighted by Crippen LogP contribution is -2.04. The molecular formula is C17H14N8O. The van der Waals surface area contributed by atoms with Crippen molar-refractivity contribution in [3.63, 3.8) is 0 Å². The smallest absolute Gasteiger partial charge is 0.277 e. The van der Waals surface area contributed by atoms with Gasteiger partial charge in [-0.1, -0.05) is 25.1 Å². The van der Waals surface area contributed by atoms with Crippen LogP contribution in [-0.4, -0.2) is 39.1 Å². The number of rotatable bonds is 3. The third kappa shape index (κ3) is 2.25. The monoisotopic (exact) mass is 346 g/mol. The molecule has 0 aliphatic carbocycles. The lowest BCUT2D eigenvalue weighted by atomic mass is 10.1. The Morgan fingerprint density at radius 3 is 2.85 bits per heavy atom. The largest absolute Gasteiger partial charge is 0.332 e. The first-order valence-corrected chi connectivity index (χ1v) is 8.18. The zero-order valence-electron chi connectivity index (χ0n) is 14.1. The molecule has 0 aliphatic rings. The van der Waals surface area contributed by atoms with Crippen LogP contribution in [0, 0.1) is 0 Å². The number of nitrogens with zero attached hydrogens (tertiary/aromatic N) is 8. The number of pyridine rings is 1. The van der Waals surface area contributed by atoms with E-state index in [0.717, 1.165) is 11.3 Å². The first-order valence-electron chi connectivity index (χ1n) is 8.18. The topological polar surface area (TPSA) is 99.3 Å². The van der Waals surface area contributed by atoms with Crippen molar-refractivity contribution < 1.29 is 4.52 Å². The highest BCUT2D eigenvalue weighted by Gasteiger charge is 2.18. The summed E-state index contributed by atoms with van der Waals surface area (Å²) >= 11 is 0. The summed E-state index contributed by atoms with van der Waals surface area (Å²) in [5.41, 5.74) is 2.99. The van der Waals surface area contributed by atoms with Crippen molar-refractivity contribution in [3.05, 3.63) is 48.7 Å². The Morgan fingerprint density at radius 2 is 2.00 bits per heavy atom. The van der Waals surface area contributed by atoms with Crippen LogP contribution in [0.25, 0.3) is 34.5 Å². The highest BCUT2D eigenvalue weighted by atomic mass is 16.5. The molecule has 0 aliphatic heterocycles. The highest BCUT2D eigenvalue weighted by molar-refractivity contribution is 5.59. The van der Waals surface area contributed by atoms with Gasteiger partial charge in [0.25, 0.3) is 11.7 Å². The van der Waals surface area contributed by atoms with Crippen LogP contribution in [0.4, 0.5) is 0 Å². The van der Waals surface area contributed by atoms with Gasteiger partial charge in [-0.3, -0.25) is 0 Å². The summed E-state index contributed by atoms with van der Waals surface area (Å²) in [6, 6.07) is 7.68. The Kier molecular flexibility index (Phi) is 3.08. The molecule has 0 bridgehead atoms. The fraction of sp³-hybridized carbons (Fsp3) is 0.176. The van der Waals surface area contributed by atoms with E-state index in [1.807, 2.05) is 41.1 Å². The van der Waals surface area contributed by atoms with Crippen molar-refractivity contribution >= 4 is 11.4 Å². The molecule has 0 unspecified atom stereocenters. The second-order valence-electron chi connectivity index (χ2n) is 6.21. The van der Waals surface area contributed by atoms with Gasteiger partial charge >= 0.3 is 0 Å². The standard InChI is InChI=1S/C17H14N8O/c1-10(2)13-7-11(21-17-18-9-19-25(13)17)16-22-15(23-26-16)12-8-24-6-4-3-5-14(24)20-12/h3-10H,1-2H3. The maximum atomic E-state index is 5.43. The van der Waals surface area contributed by atoms with E-state index in [0.29, 0.717) is 28.9 Å². The Hall–Kier alpha value is -3.62. The predicted molar refractivity (Wildman–Crippen MR) is 92.3 cm³/mol. The molecule has 5 aromatic rings. The zero-order chi connectivity index (χ0) is 17.7. The maximum Gasteiger partial charge on any atom is 0.277 e. The summed E-state index contributed by atoms with van der Waals surface area (Å²) < 4.78 is 9.05. The van der Waals surface area contributed by atoms with E-state index in [4.69, 9.17) is 4.52 Å². The molecular weight excluding hydrogens is 332 g/mol. The molecule has 0 spiro atoms. The molecule has 5 aromatic heterocycles. The number of fused-ring (bicyclic) bond motifs is 2. The molecule has 0 saturated carbocycles. The average Bonchev–Trinajstić information content (AvgIpc) is 3.37. The summed E-state index contributed by atoms with van der Waals surface area (Å²) in [4.78, 5) is 17.6. The van der Waals surface area contributed by atoms with E-state index in [1.54, 1.807) is 4.52 Å². The van der Waals surface area contributed by atoms with Crippen molar-refractivity contribution in [1.82, 2.24) is 39.1 Å². The summed E-state index contributed by atoms with van der Waals surface area (Å²) in [6.45, 7) is 4.16. The minimum atomic E-state index is 0.238. The first kappa shape index (κ1) is 14.7. The number of imidazole rings is 1. The molecule has 5 heterocycles. The number of aromatic nitrogens is 8. The molecule has 9 heteroatoms. The van der Waals surface area contributed by atoms with Gasteiger partial charge in [0.1, 0.15) is 23.4 Å². The minimum absolute atomic E-state index is 0.238. The maximum absolute atomic E-state index is 5.43. The normalized spacial score (nSPS) is 11.8. The van der Waals surface area contributed by atoms with Gasteiger partial charge in [0, 0.05) is 12.4 Å². The van der Waals surface area contributed by atoms with Crippen LogP contribution in [0.2, 0.25) is 0 Å². The van der Waals surface area contributed by atoms with Gasteiger partial charge in [0.2, 0.25) is 5.82 Å². The average molecular weight is 346 g/mol. The zero-order valence-corrected chi connectivity index (χ0v) is 14.1. The van der Waals surface area contributed by atoms with E-state index in [-0.39, 0.29) is 5.92 Å². The fourth-order valence-electron chi connectivity index (χ4n) is 2.83.